The lowest BCUT2D eigenvalue weighted by molar-refractivity contribution is -0.137. The number of carbonyl (C=O) groups is 3. The number of carbonyl (C=O) groups excluding carboxylic acids is 3. The van der Waals surface area contributed by atoms with Crippen LogP contribution in [0.5, 0.6) is 0 Å². The van der Waals surface area contributed by atoms with E-state index >= 15 is 0 Å². The van der Waals surface area contributed by atoms with Gasteiger partial charge in [0.2, 0.25) is 11.8 Å². The highest BCUT2D eigenvalue weighted by Crippen LogP contribution is 2.46. The van der Waals surface area contributed by atoms with Crippen LogP contribution >= 0.6 is 0 Å². The van der Waals surface area contributed by atoms with E-state index in [1.165, 1.54) is 4.90 Å². The first-order valence-corrected chi connectivity index (χ1v) is 12.2. The molecule has 0 aliphatic carbocycles. The number of fused-ring (bicyclic) bond motifs is 1. The molecule has 2 fully saturated rings. The summed E-state index contributed by atoms with van der Waals surface area (Å²) in [5.74, 6) is -1.06. The second-order valence-electron chi connectivity index (χ2n) is 10.6. The predicted octanol–water partition coefficient (Wildman–Crippen LogP) is 1.83. The topological polar surface area (TPSA) is 127 Å². The van der Waals surface area contributed by atoms with E-state index in [1.54, 1.807) is 12.1 Å². The Balaban J connectivity index is 1.33. The normalized spacial score (nSPS) is 25.9. The third kappa shape index (κ3) is 4.06. The van der Waals surface area contributed by atoms with E-state index in [4.69, 9.17) is 10.2 Å². The molecule has 1 aromatic carbocycles. The third-order valence-corrected chi connectivity index (χ3v) is 7.81. The average Bonchev–Trinajstić information content (AvgIpc) is 3.17. The molecular weight excluding hydrogens is 458 g/mol. The molecule has 9 nitrogen and oxygen atoms in total. The molecule has 186 valence electrons. The first-order valence-electron chi connectivity index (χ1n) is 12.2. The van der Waals surface area contributed by atoms with Gasteiger partial charge in [0, 0.05) is 31.5 Å². The highest BCUT2D eigenvalue weighted by molar-refractivity contribution is 6.05. The lowest BCUT2D eigenvalue weighted by Crippen LogP contribution is -2.55. The lowest BCUT2D eigenvalue weighted by atomic mass is 9.68. The van der Waals surface area contributed by atoms with Crippen molar-refractivity contribution in [2.75, 3.05) is 13.1 Å². The summed E-state index contributed by atoms with van der Waals surface area (Å²) in [5.41, 5.74) is 1.54. The maximum atomic E-state index is 13.0. The van der Waals surface area contributed by atoms with E-state index in [0.717, 1.165) is 12.1 Å². The number of pyridine rings is 1. The summed E-state index contributed by atoms with van der Waals surface area (Å²) >= 11 is 0. The number of likely N-dealkylation sites (tertiary alicyclic amines) is 1. The smallest absolute Gasteiger partial charge is 0.256 e. The second kappa shape index (κ2) is 8.80. The molecule has 0 saturated carbocycles. The number of nitrogens with one attached hydrogen (secondary N) is 1. The number of piperidine rings is 2. The molecule has 4 heterocycles. The van der Waals surface area contributed by atoms with Crippen molar-refractivity contribution >= 4 is 17.7 Å². The Morgan fingerprint density at radius 3 is 2.58 bits per heavy atom. The van der Waals surface area contributed by atoms with Crippen molar-refractivity contribution in [1.82, 2.24) is 20.1 Å². The van der Waals surface area contributed by atoms with Gasteiger partial charge in [0.15, 0.2) is 0 Å². The van der Waals surface area contributed by atoms with Crippen LogP contribution in [0, 0.1) is 16.7 Å². The number of nitriles is 1. The van der Waals surface area contributed by atoms with Crippen molar-refractivity contribution in [3.8, 4) is 6.07 Å². The highest BCUT2D eigenvalue weighted by Gasteiger charge is 2.50. The Morgan fingerprint density at radius 2 is 1.92 bits per heavy atom. The minimum Gasteiger partial charge on any atom is -0.383 e. The zero-order valence-corrected chi connectivity index (χ0v) is 20.5. The van der Waals surface area contributed by atoms with E-state index in [2.05, 4.69) is 16.3 Å². The summed E-state index contributed by atoms with van der Waals surface area (Å²) in [7, 11) is 0. The molecule has 3 aliphatic heterocycles. The summed E-state index contributed by atoms with van der Waals surface area (Å²) in [4.78, 5) is 45.4. The van der Waals surface area contributed by atoms with Crippen LogP contribution in [-0.4, -0.2) is 56.7 Å². The molecule has 2 N–H and O–H groups in total. The van der Waals surface area contributed by atoms with Gasteiger partial charge in [-0.15, -0.1) is 0 Å². The van der Waals surface area contributed by atoms with Gasteiger partial charge >= 0.3 is 0 Å². The SMILES string of the molecule is CC1(C)CN(Cc2ccc(C#N)cc2)CCC1(O)c1ccc2c(n1)CN(C1CCC(=O)NC1=O)C2=O. The molecule has 2 aromatic rings. The van der Waals surface area contributed by atoms with E-state index in [9.17, 15) is 19.5 Å². The molecule has 9 heteroatoms. The Hall–Kier alpha value is -3.61. The molecule has 2 saturated heterocycles. The van der Waals surface area contributed by atoms with Crippen LogP contribution in [0.3, 0.4) is 0 Å². The molecular formula is C27H29N5O4. The first-order chi connectivity index (χ1) is 17.1. The largest absolute Gasteiger partial charge is 0.383 e. The first kappa shape index (κ1) is 24.1. The van der Waals surface area contributed by atoms with Crippen LogP contribution in [0.2, 0.25) is 0 Å². The van der Waals surface area contributed by atoms with Gasteiger partial charge in [0.05, 0.1) is 35.1 Å². The van der Waals surface area contributed by atoms with Gasteiger partial charge in [-0.05, 0) is 42.7 Å². The number of hydrogen-bond acceptors (Lipinski definition) is 7. The third-order valence-electron chi connectivity index (χ3n) is 7.81. The van der Waals surface area contributed by atoms with E-state index in [-0.39, 0.29) is 24.8 Å². The summed E-state index contributed by atoms with van der Waals surface area (Å²) in [6, 6.07) is 12.4. The number of benzene rings is 1. The number of imide groups is 1. The lowest BCUT2D eigenvalue weighted by Gasteiger charge is -2.50. The standard InChI is InChI=1S/C27H29N5O4/c1-26(2)16-31(14-18-5-3-17(13-28)4-6-18)12-11-27(26,36)22-9-7-19-20(29-22)15-32(25(19)35)21-8-10-23(33)30-24(21)34/h3-7,9,21,36H,8,10-12,14-16H2,1-2H3,(H,30,33,34). The Kier molecular flexibility index (Phi) is 5.89. The van der Waals surface area contributed by atoms with Crippen molar-refractivity contribution < 1.29 is 19.5 Å². The van der Waals surface area contributed by atoms with Crippen molar-refractivity contribution in [3.05, 3.63) is 64.5 Å². The van der Waals surface area contributed by atoms with E-state index < -0.39 is 23.0 Å². The Bertz CT molecular complexity index is 1280. The summed E-state index contributed by atoms with van der Waals surface area (Å²) < 4.78 is 0. The number of aliphatic hydroxyl groups is 1. The summed E-state index contributed by atoms with van der Waals surface area (Å²) in [6.07, 6.45) is 0.971. The quantitative estimate of drug-likeness (QED) is 0.630. The van der Waals surface area contributed by atoms with Gasteiger partial charge in [-0.3, -0.25) is 29.6 Å². The molecule has 36 heavy (non-hydrogen) atoms. The minimum absolute atomic E-state index is 0.176. The van der Waals surface area contributed by atoms with Gasteiger partial charge in [-0.1, -0.05) is 26.0 Å². The van der Waals surface area contributed by atoms with Gasteiger partial charge in [-0.2, -0.15) is 5.26 Å². The van der Waals surface area contributed by atoms with Gasteiger partial charge in [0.1, 0.15) is 11.6 Å². The summed E-state index contributed by atoms with van der Waals surface area (Å²) in [5, 5.41) is 23.2. The van der Waals surface area contributed by atoms with Crippen molar-refractivity contribution in [2.24, 2.45) is 5.41 Å². The molecule has 3 amide bonds. The molecule has 2 atom stereocenters. The predicted molar refractivity (Wildman–Crippen MR) is 129 cm³/mol. The fourth-order valence-corrected chi connectivity index (χ4v) is 5.65. The van der Waals surface area contributed by atoms with Gasteiger partial charge < -0.3 is 10.0 Å². The molecule has 5 rings (SSSR count). The van der Waals surface area contributed by atoms with Crippen LogP contribution < -0.4 is 5.32 Å². The average molecular weight is 488 g/mol. The van der Waals surface area contributed by atoms with Crippen molar-refractivity contribution in [1.29, 1.82) is 5.26 Å². The number of hydrogen-bond donors (Lipinski definition) is 2. The van der Waals surface area contributed by atoms with Crippen LogP contribution in [-0.2, 0) is 28.3 Å². The number of aromatic nitrogens is 1. The summed E-state index contributed by atoms with van der Waals surface area (Å²) in [6.45, 7) is 6.25. The monoisotopic (exact) mass is 487 g/mol. The maximum absolute atomic E-state index is 13.0. The zero-order valence-electron chi connectivity index (χ0n) is 20.5. The Morgan fingerprint density at radius 1 is 1.17 bits per heavy atom. The fourth-order valence-electron chi connectivity index (χ4n) is 5.65. The minimum atomic E-state index is -1.19. The number of amides is 3. The second-order valence-corrected chi connectivity index (χ2v) is 10.6. The van der Waals surface area contributed by atoms with E-state index in [0.29, 0.717) is 48.4 Å². The van der Waals surface area contributed by atoms with Crippen LogP contribution in [0.1, 0.15) is 66.0 Å². The molecule has 0 bridgehead atoms. The van der Waals surface area contributed by atoms with Crippen LogP contribution in [0.15, 0.2) is 36.4 Å². The van der Waals surface area contributed by atoms with E-state index in [1.807, 2.05) is 38.1 Å². The van der Waals surface area contributed by atoms with Crippen LogP contribution in [0.25, 0.3) is 0 Å². The highest BCUT2D eigenvalue weighted by atomic mass is 16.3. The molecule has 1 aromatic heterocycles. The Labute approximate surface area is 209 Å². The molecule has 0 radical (unpaired) electrons. The molecule has 3 aliphatic rings. The van der Waals surface area contributed by atoms with Crippen molar-refractivity contribution in [3.63, 3.8) is 0 Å². The van der Waals surface area contributed by atoms with Gasteiger partial charge in [-0.25, -0.2) is 0 Å². The zero-order chi connectivity index (χ0) is 25.7. The van der Waals surface area contributed by atoms with Gasteiger partial charge in [0.25, 0.3) is 5.91 Å². The molecule has 0 spiro atoms. The van der Waals surface area contributed by atoms with Crippen molar-refractivity contribution in [2.45, 2.75) is 57.8 Å². The van der Waals surface area contributed by atoms with Crippen LogP contribution in [0.4, 0.5) is 0 Å². The number of rotatable bonds is 4. The number of nitrogens with zero attached hydrogens (tertiary/aromatic N) is 4. The molecule has 2 unspecified atom stereocenters. The maximum Gasteiger partial charge on any atom is 0.256 e. The fraction of sp³-hybridized carbons (Fsp3) is 0.444.